The number of amidine groups is 1. The van der Waals surface area contributed by atoms with E-state index in [-0.39, 0.29) is 6.04 Å². The van der Waals surface area contributed by atoms with Crippen LogP contribution in [-0.4, -0.2) is 39.4 Å². The molecular weight excluding hydrogens is 304 g/mol. The first-order chi connectivity index (χ1) is 11.6. The minimum Gasteiger partial charge on any atom is -0.383 e. The Morgan fingerprint density at radius 2 is 2.25 bits per heavy atom. The van der Waals surface area contributed by atoms with Crippen molar-refractivity contribution in [1.82, 2.24) is 15.0 Å². The normalized spacial score (nSPS) is 23.8. The van der Waals surface area contributed by atoms with Crippen LogP contribution in [0.1, 0.15) is 31.7 Å². The second-order valence-corrected chi connectivity index (χ2v) is 6.13. The molecule has 0 radical (unpaired) electrons. The highest BCUT2D eigenvalue weighted by Gasteiger charge is 2.25. The summed E-state index contributed by atoms with van der Waals surface area (Å²) in [6.45, 7) is 3.11. The fraction of sp³-hybridized carbons (Fsp3) is 0.438. The van der Waals surface area contributed by atoms with Crippen molar-refractivity contribution in [1.29, 1.82) is 0 Å². The number of anilines is 2. The molecule has 1 saturated heterocycles. The van der Waals surface area contributed by atoms with E-state index in [9.17, 15) is 0 Å². The maximum Gasteiger partial charge on any atom is 0.227 e. The van der Waals surface area contributed by atoms with Gasteiger partial charge in [-0.3, -0.25) is 5.01 Å². The number of nitrogen functional groups attached to an aromatic ring is 1. The summed E-state index contributed by atoms with van der Waals surface area (Å²) in [5.74, 6) is 13.1. The van der Waals surface area contributed by atoms with Crippen molar-refractivity contribution in [2.24, 2.45) is 16.8 Å². The van der Waals surface area contributed by atoms with Crippen LogP contribution in [0.15, 0.2) is 35.6 Å². The molecule has 1 aliphatic heterocycles. The van der Waals surface area contributed by atoms with Crippen LogP contribution in [0.2, 0.25) is 0 Å². The molecule has 0 bridgehead atoms. The second kappa shape index (κ2) is 6.88. The van der Waals surface area contributed by atoms with Crippen LogP contribution in [-0.2, 0) is 0 Å². The van der Waals surface area contributed by atoms with Crippen LogP contribution in [0, 0.1) is 0 Å². The zero-order valence-corrected chi connectivity index (χ0v) is 13.8. The summed E-state index contributed by atoms with van der Waals surface area (Å²) in [4.78, 5) is 11.1. The van der Waals surface area contributed by atoms with Crippen molar-refractivity contribution in [2.75, 3.05) is 17.2 Å². The minimum atomic E-state index is -0.0324. The summed E-state index contributed by atoms with van der Waals surface area (Å²) >= 11 is 0. The Morgan fingerprint density at radius 1 is 1.42 bits per heavy atom. The predicted octanol–water partition coefficient (Wildman–Crippen LogP) is 0.728. The van der Waals surface area contributed by atoms with Gasteiger partial charge in [0.05, 0.1) is 11.6 Å². The summed E-state index contributed by atoms with van der Waals surface area (Å²) in [6, 6.07) is 0.387. The molecule has 2 aliphatic rings. The third-order valence-electron chi connectivity index (χ3n) is 4.54. The minimum absolute atomic E-state index is 0.0324. The van der Waals surface area contributed by atoms with Crippen LogP contribution in [0.3, 0.4) is 0 Å². The highest BCUT2D eigenvalue weighted by molar-refractivity contribution is 6.02. The Labute approximate surface area is 141 Å². The molecule has 128 valence electrons. The van der Waals surface area contributed by atoms with Crippen molar-refractivity contribution in [3.63, 3.8) is 0 Å². The van der Waals surface area contributed by atoms with Gasteiger partial charge in [-0.05, 0) is 26.2 Å². The third kappa shape index (κ3) is 3.05. The van der Waals surface area contributed by atoms with E-state index < -0.39 is 0 Å². The number of rotatable bonds is 3. The number of nitrogens with two attached hydrogens (primary N) is 3. The highest BCUT2D eigenvalue weighted by atomic mass is 15.5. The fourth-order valence-electron chi connectivity index (χ4n) is 3.13. The standard InChI is InChI=1S/C16H24N8/c1-11-6-5-9-23(11)16-20-10-13(14(17)21-16)15(22-18)24(19)12-7-3-2-4-8-12/h2-4,7,10-12H,5-6,8-9,18-19H2,1H3,(H2,17,20,21)/b22-15-. The summed E-state index contributed by atoms with van der Waals surface area (Å²) in [5, 5.41) is 5.33. The Balaban J connectivity index is 1.84. The van der Waals surface area contributed by atoms with E-state index in [0.717, 1.165) is 25.8 Å². The number of hydrazine groups is 1. The van der Waals surface area contributed by atoms with Crippen molar-refractivity contribution in [2.45, 2.75) is 38.3 Å². The highest BCUT2D eigenvalue weighted by Crippen LogP contribution is 2.24. The molecule has 1 aromatic heterocycles. The smallest absolute Gasteiger partial charge is 0.227 e. The molecule has 0 spiro atoms. The first-order valence-corrected chi connectivity index (χ1v) is 8.16. The van der Waals surface area contributed by atoms with Gasteiger partial charge in [-0.15, -0.1) is 0 Å². The first kappa shape index (κ1) is 16.3. The average Bonchev–Trinajstić information content (AvgIpc) is 3.03. The average molecular weight is 328 g/mol. The summed E-state index contributed by atoms with van der Waals surface area (Å²) in [7, 11) is 0. The van der Waals surface area contributed by atoms with E-state index in [0.29, 0.717) is 29.2 Å². The SMILES string of the molecule is CC1CCCN1c1ncc(/C(=N/N)N(N)C2C=CC=CC2)c(N)n1. The number of aromatic nitrogens is 2. The number of nitrogens with zero attached hydrogens (tertiary/aromatic N) is 5. The van der Waals surface area contributed by atoms with Crippen LogP contribution >= 0.6 is 0 Å². The van der Waals surface area contributed by atoms with E-state index in [4.69, 9.17) is 17.4 Å². The largest absolute Gasteiger partial charge is 0.383 e. The molecule has 0 amide bonds. The Hall–Kier alpha value is -2.61. The van der Waals surface area contributed by atoms with Gasteiger partial charge in [0.2, 0.25) is 5.95 Å². The predicted molar refractivity (Wildman–Crippen MR) is 95.9 cm³/mol. The maximum atomic E-state index is 6.20. The molecule has 0 saturated carbocycles. The third-order valence-corrected chi connectivity index (χ3v) is 4.54. The summed E-state index contributed by atoms with van der Waals surface area (Å²) in [5.41, 5.74) is 6.69. The van der Waals surface area contributed by atoms with Gasteiger partial charge in [-0.2, -0.15) is 10.1 Å². The molecule has 0 aromatic carbocycles. The molecule has 3 rings (SSSR count). The van der Waals surface area contributed by atoms with Gasteiger partial charge >= 0.3 is 0 Å². The van der Waals surface area contributed by atoms with E-state index >= 15 is 0 Å². The quantitative estimate of drug-likeness (QED) is 0.323. The Kier molecular flexibility index (Phi) is 4.66. The van der Waals surface area contributed by atoms with Gasteiger partial charge < -0.3 is 16.5 Å². The summed E-state index contributed by atoms with van der Waals surface area (Å²) < 4.78 is 0. The van der Waals surface area contributed by atoms with Gasteiger partial charge in [0.25, 0.3) is 0 Å². The van der Waals surface area contributed by atoms with E-state index in [1.54, 1.807) is 6.20 Å². The van der Waals surface area contributed by atoms with Gasteiger partial charge in [0.1, 0.15) is 5.82 Å². The number of allylic oxidation sites excluding steroid dienone is 2. The van der Waals surface area contributed by atoms with Gasteiger partial charge in [0.15, 0.2) is 5.84 Å². The molecule has 24 heavy (non-hydrogen) atoms. The van der Waals surface area contributed by atoms with Crippen molar-refractivity contribution in [3.8, 4) is 0 Å². The lowest BCUT2D eigenvalue weighted by atomic mass is 10.1. The maximum absolute atomic E-state index is 6.20. The lowest BCUT2D eigenvalue weighted by molar-refractivity contribution is 0.371. The second-order valence-electron chi connectivity index (χ2n) is 6.13. The van der Waals surface area contributed by atoms with Crippen LogP contribution in [0.25, 0.3) is 0 Å². The van der Waals surface area contributed by atoms with Gasteiger partial charge in [-0.25, -0.2) is 10.8 Å². The molecule has 2 unspecified atom stereocenters. The van der Waals surface area contributed by atoms with Gasteiger partial charge in [0, 0.05) is 18.8 Å². The molecular formula is C16H24N8. The molecule has 8 nitrogen and oxygen atoms in total. The first-order valence-electron chi connectivity index (χ1n) is 8.16. The monoisotopic (exact) mass is 328 g/mol. The number of hydrogen-bond acceptors (Lipinski definition) is 7. The molecule has 1 fully saturated rings. The fourth-order valence-corrected chi connectivity index (χ4v) is 3.13. The number of hydrazone groups is 1. The molecule has 6 N–H and O–H groups in total. The zero-order valence-electron chi connectivity index (χ0n) is 13.8. The van der Waals surface area contributed by atoms with E-state index in [1.807, 2.05) is 24.3 Å². The van der Waals surface area contributed by atoms with Crippen LogP contribution < -0.4 is 22.3 Å². The van der Waals surface area contributed by atoms with Crippen LogP contribution in [0.5, 0.6) is 0 Å². The van der Waals surface area contributed by atoms with Gasteiger partial charge in [-0.1, -0.05) is 24.3 Å². The Morgan fingerprint density at radius 3 is 2.83 bits per heavy atom. The molecule has 2 atom stereocenters. The zero-order chi connectivity index (χ0) is 17.1. The van der Waals surface area contributed by atoms with Crippen molar-refractivity contribution in [3.05, 3.63) is 36.1 Å². The molecule has 1 aromatic rings. The lowest BCUT2D eigenvalue weighted by Crippen LogP contribution is -2.46. The van der Waals surface area contributed by atoms with Crippen molar-refractivity contribution >= 4 is 17.6 Å². The topological polar surface area (TPSA) is 123 Å². The van der Waals surface area contributed by atoms with Crippen LogP contribution in [0.4, 0.5) is 11.8 Å². The van der Waals surface area contributed by atoms with E-state index in [1.165, 1.54) is 5.01 Å². The van der Waals surface area contributed by atoms with Crippen molar-refractivity contribution < 1.29 is 0 Å². The number of hydrogen-bond donors (Lipinski definition) is 3. The molecule has 8 heteroatoms. The molecule has 2 heterocycles. The molecule has 1 aliphatic carbocycles. The Bertz CT molecular complexity index is 681. The summed E-state index contributed by atoms with van der Waals surface area (Å²) in [6.07, 6.45) is 12.6. The van der Waals surface area contributed by atoms with E-state index in [2.05, 4.69) is 26.9 Å². The lowest BCUT2D eigenvalue weighted by Gasteiger charge is -2.28.